The second-order valence-corrected chi connectivity index (χ2v) is 8.26. The van der Waals surface area contributed by atoms with Crippen molar-refractivity contribution in [3.63, 3.8) is 0 Å². The molecule has 0 aliphatic carbocycles. The Morgan fingerprint density at radius 1 is 1.09 bits per heavy atom. The fourth-order valence-electron chi connectivity index (χ4n) is 4.16. The summed E-state index contributed by atoms with van der Waals surface area (Å²) >= 11 is 0. The lowest BCUT2D eigenvalue weighted by atomic mass is 10.00. The summed E-state index contributed by atoms with van der Waals surface area (Å²) in [7, 11) is 1.88. The Bertz CT molecular complexity index is 1410. The molecular formula is C25H21F2N5O2. The second-order valence-electron chi connectivity index (χ2n) is 8.26. The molecule has 9 heteroatoms. The molecule has 1 amide bonds. The summed E-state index contributed by atoms with van der Waals surface area (Å²) in [6.45, 7) is 4.55. The molecule has 34 heavy (non-hydrogen) atoms. The quantitative estimate of drug-likeness (QED) is 0.430. The number of rotatable bonds is 5. The molecule has 0 N–H and O–H groups in total. The van der Waals surface area contributed by atoms with Crippen molar-refractivity contribution in [3.05, 3.63) is 88.6 Å². The van der Waals surface area contributed by atoms with Crippen LogP contribution in [-0.2, 0) is 20.1 Å². The Hall–Kier alpha value is -4.14. The van der Waals surface area contributed by atoms with Crippen molar-refractivity contribution >= 4 is 5.91 Å². The molecule has 172 valence electrons. The molecule has 4 aromatic rings. The summed E-state index contributed by atoms with van der Waals surface area (Å²) in [5.74, 6) is -2.88. The lowest BCUT2D eigenvalue weighted by molar-refractivity contribution is 0.0763. The molecule has 0 spiro atoms. The summed E-state index contributed by atoms with van der Waals surface area (Å²) in [6.07, 6.45) is 3.20. The van der Waals surface area contributed by atoms with Crippen LogP contribution in [0.2, 0.25) is 0 Å². The monoisotopic (exact) mass is 461 g/mol. The number of nitrogens with zero attached hydrogens (tertiary/aromatic N) is 5. The fraction of sp³-hybridized carbons (Fsp3) is 0.200. The molecule has 0 saturated heterocycles. The van der Waals surface area contributed by atoms with Gasteiger partial charge in [-0.05, 0) is 42.7 Å². The summed E-state index contributed by atoms with van der Waals surface area (Å²) in [5, 5.41) is 4.40. The van der Waals surface area contributed by atoms with Crippen molar-refractivity contribution in [2.24, 2.45) is 7.05 Å². The van der Waals surface area contributed by atoms with Crippen molar-refractivity contribution in [1.82, 2.24) is 24.6 Å². The van der Waals surface area contributed by atoms with Crippen molar-refractivity contribution in [3.8, 4) is 22.8 Å². The topological polar surface area (TPSA) is 73.1 Å². The van der Waals surface area contributed by atoms with E-state index in [9.17, 15) is 13.6 Å². The molecule has 3 heterocycles. The molecule has 2 aromatic heterocycles. The largest absolute Gasteiger partial charge is 0.432 e. The predicted molar refractivity (Wildman–Crippen MR) is 120 cm³/mol. The first-order valence-electron chi connectivity index (χ1n) is 10.7. The van der Waals surface area contributed by atoms with Gasteiger partial charge in [-0.15, -0.1) is 0 Å². The Kier molecular flexibility index (Phi) is 5.31. The van der Waals surface area contributed by atoms with Gasteiger partial charge >= 0.3 is 0 Å². The van der Waals surface area contributed by atoms with Gasteiger partial charge in [-0.25, -0.2) is 18.7 Å². The molecule has 0 atom stereocenters. The van der Waals surface area contributed by atoms with E-state index in [1.165, 1.54) is 12.4 Å². The van der Waals surface area contributed by atoms with Gasteiger partial charge in [0.25, 0.3) is 5.91 Å². The van der Waals surface area contributed by atoms with Crippen LogP contribution in [0.3, 0.4) is 0 Å². The number of aryl methyl sites for hydroxylation is 3. The third-order valence-electron chi connectivity index (χ3n) is 5.88. The van der Waals surface area contributed by atoms with E-state index >= 15 is 0 Å². The van der Waals surface area contributed by atoms with E-state index in [4.69, 9.17) is 4.74 Å². The van der Waals surface area contributed by atoms with Gasteiger partial charge in [0.1, 0.15) is 11.9 Å². The number of halogens is 2. The Morgan fingerprint density at radius 2 is 1.85 bits per heavy atom. The highest BCUT2D eigenvalue weighted by Gasteiger charge is 2.34. The SMILES string of the molecule is Cc1cc(-c2cn(C)nc2C)ccc1CN1Cc2ncnc(Oc3c(F)cccc3F)c2C1=O. The highest BCUT2D eigenvalue weighted by Crippen LogP contribution is 2.34. The second kappa shape index (κ2) is 8.33. The van der Waals surface area contributed by atoms with E-state index in [2.05, 4.69) is 21.1 Å². The smallest absolute Gasteiger partial charge is 0.261 e. The first kappa shape index (κ1) is 21.7. The van der Waals surface area contributed by atoms with Crippen molar-refractivity contribution < 1.29 is 18.3 Å². The fourth-order valence-corrected chi connectivity index (χ4v) is 4.16. The van der Waals surface area contributed by atoms with Gasteiger partial charge in [-0.1, -0.05) is 24.3 Å². The number of benzene rings is 2. The Morgan fingerprint density at radius 3 is 2.53 bits per heavy atom. The van der Waals surface area contributed by atoms with Crippen molar-refractivity contribution in [1.29, 1.82) is 0 Å². The van der Waals surface area contributed by atoms with Gasteiger partial charge in [0, 0.05) is 25.4 Å². The minimum absolute atomic E-state index is 0.116. The van der Waals surface area contributed by atoms with Gasteiger partial charge < -0.3 is 9.64 Å². The molecule has 5 rings (SSSR count). The minimum atomic E-state index is -0.880. The number of amides is 1. The third kappa shape index (κ3) is 3.79. The van der Waals surface area contributed by atoms with Crippen LogP contribution in [0.25, 0.3) is 11.1 Å². The van der Waals surface area contributed by atoms with E-state index in [0.29, 0.717) is 12.2 Å². The molecule has 7 nitrogen and oxygen atoms in total. The predicted octanol–water partition coefficient (Wildman–Crippen LogP) is 4.72. The van der Waals surface area contributed by atoms with Crippen LogP contribution in [0, 0.1) is 25.5 Å². The van der Waals surface area contributed by atoms with Gasteiger partial charge in [0.2, 0.25) is 11.6 Å². The van der Waals surface area contributed by atoms with Crippen LogP contribution in [0.1, 0.15) is 32.9 Å². The van der Waals surface area contributed by atoms with Crippen LogP contribution < -0.4 is 4.74 Å². The zero-order chi connectivity index (χ0) is 24.0. The summed E-state index contributed by atoms with van der Waals surface area (Å²) < 4.78 is 35.3. The van der Waals surface area contributed by atoms with Gasteiger partial charge in [0.05, 0.1) is 17.9 Å². The standard InChI is InChI=1S/C25H21F2N5O2/c1-14-9-16(18-11-31(3)30-15(18)2)7-8-17(14)10-32-12-21-22(25(32)33)24(29-13-28-21)34-23-19(26)5-4-6-20(23)27/h4-9,11,13H,10,12H2,1-3H3. The highest BCUT2D eigenvalue weighted by atomic mass is 19.1. The number of hydrogen-bond donors (Lipinski definition) is 0. The van der Waals surface area contributed by atoms with E-state index in [0.717, 1.165) is 40.1 Å². The van der Waals surface area contributed by atoms with E-state index in [-0.39, 0.29) is 23.9 Å². The number of para-hydroxylation sites is 1. The van der Waals surface area contributed by atoms with Crippen molar-refractivity contribution in [2.75, 3.05) is 0 Å². The molecule has 0 unspecified atom stereocenters. The maximum Gasteiger partial charge on any atom is 0.261 e. The average molecular weight is 461 g/mol. The average Bonchev–Trinajstić information content (AvgIpc) is 3.30. The van der Waals surface area contributed by atoms with Gasteiger partial charge in [-0.3, -0.25) is 9.48 Å². The van der Waals surface area contributed by atoms with E-state index in [1.54, 1.807) is 9.58 Å². The van der Waals surface area contributed by atoms with Crippen LogP contribution >= 0.6 is 0 Å². The molecular weight excluding hydrogens is 440 g/mol. The molecule has 2 aromatic carbocycles. The summed E-state index contributed by atoms with van der Waals surface area (Å²) in [5.41, 5.74) is 5.62. The maximum atomic E-state index is 14.1. The lowest BCUT2D eigenvalue weighted by Crippen LogP contribution is -2.24. The first-order chi connectivity index (χ1) is 16.3. The van der Waals surface area contributed by atoms with Crippen LogP contribution in [0.4, 0.5) is 8.78 Å². The molecule has 0 radical (unpaired) electrons. The molecule has 0 bridgehead atoms. The number of hydrogen-bond acceptors (Lipinski definition) is 5. The Labute approximate surface area is 194 Å². The molecule has 0 saturated carbocycles. The zero-order valence-electron chi connectivity index (χ0n) is 18.8. The molecule has 1 aliphatic rings. The number of carbonyl (C=O) groups is 1. The molecule has 1 aliphatic heterocycles. The zero-order valence-corrected chi connectivity index (χ0v) is 18.8. The van der Waals surface area contributed by atoms with Crippen LogP contribution in [0.15, 0.2) is 48.9 Å². The maximum absolute atomic E-state index is 14.1. The summed E-state index contributed by atoms with van der Waals surface area (Å²) in [4.78, 5) is 23.0. The molecule has 0 fully saturated rings. The van der Waals surface area contributed by atoms with Crippen molar-refractivity contribution in [2.45, 2.75) is 26.9 Å². The van der Waals surface area contributed by atoms with Crippen LogP contribution in [-0.4, -0.2) is 30.6 Å². The normalized spacial score (nSPS) is 12.9. The third-order valence-corrected chi connectivity index (χ3v) is 5.88. The minimum Gasteiger partial charge on any atom is -0.432 e. The lowest BCUT2D eigenvalue weighted by Gasteiger charge is -2.17. The van der Waals surface area contributed by atoms with E-state index in [1.807, 2.05) is 39.2 Å². The summed E-state index contributed by atoms with van der Waals surface area (Å²) in [6, 6.07) is 9.46. The first-order valence-corrected chi connectivity index (χ1v) is 10.7. The van der Waals surface area contributed by atoms with Gasteiger partial charge in [0.15, 0.2) is 11.6 Å². The van der Waals surface area contributed by atoms with Gasteiger partial charge in [-0.2, -0.15) is 5.10 Å². The number of aromatic nitrogens is 4. The van der Waals surface area contributed by atoms with Crippen LogP contribution in [0.5, 0.6) is 11.6 Å². The Balaban J connectivity index is 1.40. The number of fused-ring (bicyclic) bond motifs is 1. The number of ether oxygens (including phenoxy) is 1. The van der Waals surface area contributed by atoms with E-state index < -0.39 is 17.4 Å². The number of carbonyl (C=O) groups excluding carboxylic acids is 1. The highest BCUT2D eigenvalue weighted by molar-refractivity contribution is 6.00.